The summed E-state index contributed by atoms with van der Waals surface area (Å²) in [5, 5.41) is 0. The van der Waals surface area contributed by atoms with Gasteiger partial charge in [-0.3, -0.25) is 4.90 Å². The van der Waals surface area contributed by atoms with Gasteiger partial charge in [0, 0.05) is 22.3 Å². The second-order valence-corrected chi connectivity index (χ2v) is 8.96. The van der Waals surface area contributed by atoms with E-state index in [-0.39, 0.29) is 5.41 Å². The Bertz CT molecular complexity index is 474. The van der Waals surface area contributed by atoms with Crippen LogP contribution < -0.4 is 5.73 Å². The fraction of sp³-hybridized carbons (Fsp3) is 0.778. The summed E-state index contributed by atoms with van der Waals surface area (Å²) >= 11 is 1.98. The molecule has 0 radical (unpaired) electrons. The molecule has 0 amide bonds. The van der Waals surface area contributed by atoms with Gasteiger partial charge in [-0.05, 0) is 55.7 Å². The monoisotopic (exact) mass is 306 g/mol. The van der Waals surface area contributed by atoms with Crippen molar-refractivity contribution in [1.82, 2.24) is 4.90 Å². The second kappa shape index (κ2) is 6.02. The molecule has 3 heteroatoms. The van der Waals surface area contributed by atoms with Crippen LogP contribution in [0.1, 0.15) is 68.7 Å². The van der Waals surface area contributed by atoms with Crippen LogP contribution in [0.4, 0.5) is 0 Å². The molecule has 3 rings (SSSR count). The number of thiophene rings is 1. The molecule has 2 nitrogen and oxygen atoms in total. The van der Waals surface area contributed by atoms with Gasteiger partial charge in [0.15, 0.2) is 0 Å². The highest BCUT2D eigenvalue weighted by Gasteiger charge is 2.38. The van der Waals surface area contributed by atoms with Gasteiger partial charge in [0.1, 0.15) is 0 Å². The van der Waals surface area contributed by atoms with Crippen molar-refractivity contribution >= 4 is 11.3 Å². The Labute approximate surface area is 133 Å². The quantitative estimate of drug-likeness (QED) is 0.901. The maximum Gasteiger partial charge on any atom is 0.0566 e. The number of hydrogen-bond acceptors (Lipinski definition) is 3. The Kier molecular flexibility index (Phi) is 4.45. The van der Waals surface area contributed by atoms with Crippen molar-refractivity contribution in [3.8, 4) is 0 Å². The van der Waals surface area contributed by atoms with Crippen LogP contribution in [0.25, 0.3) is 0 Å². The van der Waals surface area contributed by atoms with E-state index >= 15 is 0 Å². The molecule has 1 saturated carbocycles. The topological polar surface area (TPSA) is 29.3 Å². The lowest BCUT2D eigenvalue weighted by atomic mass is 9.90. The maximum absolute atomic E-state index is 6.20. The van der Waals surface area contributed by atoms with Crippen LogP contribution in [0.15, 0.2) is 12.1 Å². The van der Waals surface area contributed by atoms with Crippen LogP contribution in [0, 0.1) is 5.92 Å². The highest BCUT2D eigenvalue weighted by atomic mass is 32.1. The summed E-state index contributed by atoms with van der Waals surface area (Å²) < 4.78 is 0. The highest BCUT2D eigenvalue weighted by molar-refractivity contribution is 7.12. The van der Waals surface area contributed by atoms with Crippen LogP contribution >= 0.6 is 11.3 Å². The predicted molar refractivity (Wildman–Crippen MR) is 91.9 cm³/mol. The molecule has 0 spiro atoms. The molecule has 0 aromatic carbocycles. The number of likely N-dealkylation sites (tertiary alicyclic amines) is 1. The molecule has 0 bridgehead atoms. The zero-order valence-corrected chi connectivity index (χ0v) is 14.6. The Morgan fingerprint density at radius 3 is 2.67 bits per heavy atom. The number of nitrogens with two attached hydrogens (primary N) is 1. The SMILES string of the molecule is CC(C)(C)c1ccc(C(CN)N2CCCC3CCCC32)s1. The number of fused-ring (bicyclic) bond motifs is 1. The summed E-state index contributed by atoms with van der Waals surface area (Å²) in [6.07, 6.45) is 7.04. The van der Waals surface area contributed by atoms with Crippen molar-refractivity contribution in [2.75, 3.05) is 13.1 Å². The summed E-state index contributed by atoms with van der Waals surface area (Å²) in [6.45, 7) is 8.90. The molecule has 118 valence electrons. The minimum Gasteiger partial charge on any atom is -0.329 e. The molecule has 3 unspecified atom stereocenters. The first-order chi connectivity index (χ1) is 10.0. The van der Waals surface area contributed by atoms with Gasteiger partial charge in [-0.1, -0.05) is 27.2 Å². The smallest absolute Gasteiger partial charge is 0.0566 e. The minimum absolute atomic E-state index is 0.250. The molecular formula is C18H30N2S. The van der Waals surface area contributed by atoms with E-state index < -0.39 is 0 Å². The van der Waals surface area contributed by atoms with E-state index in [9.17, 15) is 0 Å². The maximum atomic E-state index is 6.20. The summed E-state index contributed by atoms with van der Waals surface area (Å²) in [5.74, 6) is 0.940. The van der Waals surface area contributed by atoms with E-state index in [0.29, 0.717) is 6.04 Å². The van der Waals surface area contributed by atoms with E-state index in [4.69, 9.17) is 5.73 Å². The van der Waals surface area contributed by atoms with Crippen molar-refractivity contribution in [2.24, 2.45) is 11.7 Å². The van der Waals surface area contributed by atoms with E-state index in [0.717, 1.165) is 18.5 Å². The normalized spacial score (nSPS) is 28.6. The lowest BCUT2D eigenvalue weighted by molar-refractivity contribution is 0.0716. The van der Waals surface area contributed by atoms with Crippen molar-refractivity contribution in [3.05, 3.63) is 21.9 Å². The molecule has 1 aromatic rings. The zero-order chi connectivity index (χ0) is 15.0. The van der Waals surface area contributed by atoms with Crippen LogP contribution in [-0.4, -0.2) is 24.0 Å². The van der Waals surface area contributed by atoms with Crippen LogP contribution in [-0.2, 0) is 5.41 Å². The minimum atomic E-state index is 0.250. The third kappa shape index (κ3) is 3.06. The number of hydrogen-bond donors (Lipinski definition) is 1. The van der Waals surface area contributed by atoms with Crippen molar-refractivity contribution in [2.45, 2.75) is 70.4 Å². The number of piperidine rings is 1. The third-order valence-corrected chi connectivity index (χ3v) is 6.97. The average molecular weight is 307 g/mol. The lowest BCUT2D eigenvalue weighted by Crippen LogP contribution is -2.46. The molecule has 1 aromatic heterocycles. The van der Waals surface area contributed by atoms with Gasteiger partial charge in [-0.25, -0.2) is 0 Å². The van der Waals surface area contributed by atoms with Gasteiger partial charge in [-0.15, -0.1) is 11.3 Å². The molecule has 2 heterocycles. The molecule has 21 heavy (non-hydrogen) atoms. The number of nitrogens with zero attached hydrogens (tertiary/aromatic N) is 1. The Hall–Kier alpha value is -0.380. The van der Waals surface area contributed by atoms with Gasteiger partial charge in [0.05, 0.1) is 6.04 Å². The Morgan fingerprint density at radius 2 is 2.00 bits per heavy atom. The molecule has 1 aliphatic carbocycles. The van der Waals surface area contributed by atoms with Crippen molar-refractivity contribution in [3.63, 3.8) is 0 Å². The van der Waals surface area contributed by atoms with Gasteiger partial charge in [-0.2, -0.15) is 0 Å². The van der Waals surface area contributed by atoms with Gasteiger partial charge in [0.25, 0.3) is 0 Å². The lowest BCUT2D eigenvalue weighted by Gasteiger charge is -2.42. The molecule has 2 fully saturated rings. The van der Waals surface area contributed by atoms with Gasteiger partial charge >= 0.3 is 0 Å². The second-order valence-electron chi connectivity index (χ2n) is 7.84. The van der Waals surface area contributed by atoms with Crippen LogP contribution in [0.5, 0.6) is 0 Å². The molecular weight excluding hydrogens is 276 g/mol. The summed E-state index contributed by atoms with van der Waals surface area (Å²) in [4.78, 5) is 5.71. The van der Waals surface area contributed by atoms with Crippen LogP contribution in [0.2, 0.25) is 0 Å². The molecule has 3 atom stereocenters. The van der Waals surface area contributed by atoms with Gasteiger partial charge < -0.3 is 5.73 Å². The zero-order valence-electron chi connectivity index (χ0n) is 13.8. The van der Waals surface area contributed by atoms with E-state index in [1.165, 1.54) is 48.4 Å². The van der Waals surface area contributed by atoms with Crippen LogP contribution in [0.3, 0.4) is 0 Å². The van der Waals surface area contributed by atoms with Gasteiger partial charge in [0.2, 0.25) is 0 Å². The standard InChI is InChI=1S/C18H30N2S/c1-18(2,3)17-10-9-16(21-17)15(12-19)20-11-5-7-13-6-4-8-14(13)20/h9-10,13-15H,4-8,11-12,19H2,1-3H3. The summed E-state index contributed by atoms with van der Waals surface area (Å²) in [5.41, 5.74) is 6.45. The highest BCUT2D eigenvalue weighted by Crippen LogP contribution is 2.42. The molecule has 1 aliphatic heterocycles. The molecule has 2 N–H and O–H groups in total. The first-order valence-corrected chi connectivity index (χ1v) is 9.38. The summed E-state index contributed by atoms with van der Waals surface area (Å²) in [6, 6.07) is 5.89. The van der Waals surface area contributed by atoms with E-state index in [2.05, 4.69) is 37.8 Å². The molecule has 1 saturated heterocycles. The first kappa shape index (κ1) is 15.5. The van der Waals surface area contributed by atoms with E-state index in [1.54, 1.807) is 0 Å². The summed E-state index contributed by atoms with van der Waals surface area (Å²) in [7, 11) is 0. The fourth-order valence-electron chi connectivity index (χ4n) is 4.23. The molecule has 2 aliphatic rings. The Morgan fingerprint density at radius 1 is 1.24 bits per heavy atom. The Balaban J connectivity index is 1.82. The largest absolute Gasteiger partial charge is 0.329 e. The van der Waals surface area contributed by atoms with Crippen molar-refractivity contribution < 1.29 is 0 Å². The first-order valence-electron chi connectivity index (χ1n) is 8.56. The predicted octanol–water partition coefficient (Wildman–Crippen LogP) is 4.31. The third-order valence-electron chi connectivity index (χ3n) is 5.35. The average Bonchev–Trinajstić information content (AvgIpc) is 3.07. The van der Waals surface area contributed by atoms with E-state index in [1.807, 2.05) is 11.3 Å². The fourth-order valence-corrected chi connectivity index (χ4v) is 5.43. The van der Waals surface area contributed by atoms with Crippen molar-refractivity contribution in [1.29, 1.82) is 0 Å². The number of rotatable bonds is 3.